The number of piperidine rings is 2. The smallest absolute Gasteiger partial charge is 0.370 e. The molecular weight excluding hydrogens is 457 g/mol. The lowest BCUT2D eigenvalue weighted by molar-refractivity contribution is -0.137. The number of hydrogen-bond acceptors (Lipinski definition) is 6. The molecule has 34 heavy (non-hydrogen) atoms. The van der Waals surface area contributed by atoms with Crippen molar-refractivity contribution in [1.29, 1.82) is 0 Å². The van der Waals surface area contributed by atoms with Gasteiger partial charge in [-0.1, -0.05) is 0 Å². The zero-order valence-corrected chi connectivity index (χ0v) is 18.3. The molecule has 2 saturated heterocycles. The number of aromatic nitrogens is 5. The molecule has 0 saturated carbocycles. The molecule has 5 rings (SSSR count). The van der Waals surface area contributed by atoms with Gasteiger partial charge in [0.05, 0.1) is 29.3 Å². The first-order chi connectivity index (χ1) is 16.2. The summed E-state index contributed by atoms with van der Waals surface area (Å²) < 4.78 is 66.4. The van der Waals surface area contributed by atoms with Crippen LogP contribution in [-0.4, -0.2) is 57.3 Å². The second kappa shape index (κ2) is 8.71. The summed E-state index contributed by atoms with van der Waals surface area (Å²) in [6.45, 7) is 2.15. The van der Waals surface area contributed by atoms with E-state index in [2.05, 4.69) is 20.4 Å². The molecule has 0 bridgehead atoms. The average molecular weight is 481 g/mol. The molecule has 0 radical (unpaired) electrons. The number of hydrogen-bond donors (Lipinski definition) is 1. The van der Waals surface area contributed by atoms with E-state index in [0.29, 0.717) is 36.5 Å². The Kier molecular flexibility index (Phi) is 5.86. The summed E-state index contributed by atoms with van der Waals surface area (Å²) in [5.74, 6) is 0.00911. The Bertz CT molecular complexity index is 1150. The highest BCUT2D eigenvalue weighted by Crippen LogP contribution is 2.48. The van der Waals surface area contributed by atoms with Crippen molar-refractivity contribution < 1.29 is 22.0 Å². The number of pyridine rings is 1. The maximum Gasteiger partial charge on any atom is 0.417 e. The number of nitrogens with one attached hydrogen (secondary N) is 1. The third-order valence-electron chi connectivity index (χ3n) is 7.09. The molecule has 1 N–H and O–H groups in total. The summed E-state index contributed by atoms with van der Waals surface area (Å²) in [5.41, 5.74) is 1.14. The van der Waals surface area contributed by atoms with Crippen molar-refractivity contribution >= 4 is 16.9 Å². The van der Waals surface area contributed by atoms with Gasteiger partial charge in [-0.15, -0.1) is 0 Å². The fourth-order valence-corrected chi connectivity index (χ4v) is 5.25. The molecule has 2 fully saturated rings. The van der Waals surface area contributed by atoms with Gasteiger partial charge in [-0.2, -0.15) is 18.3 Å². The molecule has 0 amide bonds. The lowest BCUT2D eigenvalue weighted by atomic mass is 9.64. The van der Waals surface area contributed by atoms with Crippen molar-refractivity contribution in [2.75, 3.05) is 31.1 Å². The van der Waals surface area contributed by atoms with E-state index in [-0.39, 0.29) is 11.3 Å². The fourth-order valence-electron chi connectivity index (χ4n) is 5.25. The van der Waals surface area contributed by atoms with Crippen molar-refractivity contribution in [2.45, 2.75) is 44.3 Å². The van der Waals surface area contributed by atoms with Crippen LogP contribution >= 0.6 is 0 Å². The van der Waals surface area contributed by atoms with Gasteiger partial charge < -0.3 is 10.2 Å². The molecule has 1 unspecified atom stereocenters. The van der Waals surface area contributed by atoms with Crippen LogP contribution in [0, 0.1) is 5.41 Å². The molecule has 3 aromatic heterocycles. The molecule has 12 heteroatoms. The van der Waals surface area contributed by atoms with Gasteiger partial charge >= 0.3 is 6.18 Å². The molecule has 2 aliphatic rings. The summed E-state index contributed by atoms with van der Waals surface area (Å²) in [4.78, 5) is 14.8. The highest BCUT2D eigenvalue weighted by atomic mass is 19.4. The first-order valence-corrected chi connectivity index (χ1v) is 11.2. The van der Waals surface area contributed by atoms with Gasteiger partial charge in [-0.25, -0.2) is 23.4 Å². The van der Waals surface area contributed by atoms with Gasteiger partial charge in [0.15, 0.2) is 5.65 Å². The standard InChI is InChI=1S/C22H24F5N7/c23-19(24)13-34-20-18(12-31-34)30-11-17(32-20)16-10-28-4-1-21(16)2-5-33(6-3-21)15-7-14(8-29-9-15)22(25,26)27/h7-9,11-12,16,19,28H,1-6,10,13H2. The first-order valence-electron chi connectivity index (χ1n) is 11.2. The molecule has 0 aromatic carbocycles. The Morgan fingerprint density at radius 3 is 2.62 bits per heavy atom. The predicted octanol–water partition coefficient (Wildman–Crippen LogP) is 3.87. The third kappa shape index (κ3) is 4.30. The van der Waals surface area contributed by atoms with Crippen LogP contribution in [0.4, 0.5) is 27.6 Å². The van der Waals surface area contributed by atoms with E-state index < -0.39 is 24.7 Å². The predicted molar refractivity (Wildman–Crippen MR) is 115 cm³/mol. The van der Waals surface area contributed by atoms with Crippen molar-refractivity contribution in [3.63, 3.8) is 0 Å². The Balaban J connectivity index is 1.39. The number of anilines is 1. The van der Waals surface area contributed by atoms with E-state index in [0.717, 1.165) is 43.8 Å². The van der Waals surface area contributed by atoms with Gasteiger partial charge in [0, 0.05) is 37.9 Å². The zero-order chi connectivity index (χ0) is 23.9. The van der Waals surface area contributed by atoms with Crippen molar-refractivity contribution in [3.05, 3.63) is 42.1 Å². The molecular formula is C22H24F5N7. The monoisotopic (exact) mass is 481 g/mol. The van der Waals surface area contributed by atoms with Crippen molar-refractivity contribution in [1.82, 2.24) is 30.0 Å². The van der Waals surface area contributed by atoms with Gasteiger partial charge in [0.1, 0.15) is 12.1 Å². The molecule has 182 valence electrons. The summed E-state index contributed by atoms with van der Waals surface area (Å²) >= 11 is 0. The number of nitrogens with zero attached hydrogens (tertiary/aromatic N) is 6. The van der Waals surface area contributed by atoms with Crippen molar-refractivity contribution in [2.24, 2.45) is 5.41 Å². The normalized spacial score (nSPS) is 21.0. The van der Waals surface area contributed by atoms with Crippen LogP contribution in [-0.2, 0) is 12.7 Å². The summed E-state index contributed by atoms with van der Waals surface area (Å²) in [6.07, 6.45) is 0.881. The highest BCUT2D eigenvalue weighted by Gasteiger charge is 2.45. The van der Waals surface area contributed by atoms with E-state index in [1.807, 2.05) is 4.90 Å². The van der Waals surface area contributed by atoms with Gasteiger partial charge in [-0.3, -0.25) is 4.98 Å². The summed E-state index contributed by atoms with van der Waals surface area (Å²) in [7, 11) is 0. The van der Waals surface area contributed by atoms with E-state index in [4.69, 9.17) is 4.98 Å². The molecule has 3 aromatic rings. The van der Waals surface area contributed by atoms with E-state index in [9.17, 15) is 22.0 Å². The Labute approximate surface area is 192 Å². The maximum absolute atomic E-state index is 13.1. The number of halogens is 5. The van der Waals surface area contributed by atoms with Crippen LogP contribution in [0.25, 0.3) is 11.2 Å². The maximum atomic E-state index is 13.1. The molecule has 2 aliphatic heterocycles. The highest BCUT2D eigenvalue weighted by molar-refractivity contribution is 5.69. The first kappa shape index (κ1) is 22.9. The molecule has 7 nitrogen and oxygen atoms in total. The van der Waals surface area contributed by atoms with Gasteiger partial charge in [0.25, 0.3) is 6.43 Å². The number of fused-ring (bicyclic) bond motifs is 1. The van der Waals surface area contributed by atoms with Crippen LogP contribution in [0.15, 0.2) is 30.9 Å². The summed E-state index contributed by atoms with van der Waals surface area (Å²) in [6, 6.07) is 1.15. The minimum atomic E-state index is -4.44. The summed E-state index contributed by atoms with van der Waals surface area (Å²) in [5, 5.41) is 7.40. The number of rotatable bonds is 4. The fraction of sp³-hybridized carbons (Fsp3) is 0.545. The van der Waals surface area contributed by atoms with Gasteiger partial charge in [-0.05, 0) is 37.3 Å². The minimum Gasteiger partial charge on any atom is -0.370 e. The zero-order valence-electron chi connectivity index (χ0n) is 18.3. The molecule has 1 atom stereocenters. The number of alkyl halides is 5. The SMILES string of the molecule is FC(F)Cn1ncc2ncc(C3CNCCC34CCN(c3cncc(C(F)(F)F)c3)CC4)nc21. The Morgan fingerprint density at radius 1 is 1.09 bits per heavy atom. The van der Waals surface area contributed by atoms with E-state index in [1.54, 1.807) is 6.20 Å². The lowest BCUT2D eigenvalue weighted by Crippen LogP contribution is -2.50. The Morgan fingerprint density at radius 2 is 1.88 bits per heavy atom. The quantitative estimate of drug-likeness (QED) is 0.571. The van der Waals surface area contributed by atoms with Crippen molar-refractivity contribution in [3.8, 4) is 0 Å². The van der Waals surface area contributed by atoms with Crippen LogP contribution in [0.2, 0.25) is 0 Å². The minimum absolute atomic E-state index is 0.00911. The van der Waals surface area contributed by atoms with Gasteiger partial charge in [0.2, 0.25) is 0 Å². The third-order valence-corrected chi connectivity index (χ3v) is 7.09. The van der Waals surface area contributed by atoms with E-state index in [1.165, 1.54) is 17.1 Å². The van der Waals surface area contributed by atoms with E-state index >= 15 is 0 Å². The average Bonchev–Trinajstić information content (AvgIpc) is 3.21. The van der Waals surface area contributed by atoms with Crippen LogP contribution in [0.3, 0.4) is 0 Å². The topological polar surface area (TPSA) is 71.8 Å². The molecule has 0 aliphatic carbocycles. The lowest BCUT2D eigenvalue weighted by Gasteiger charge is -2.49. The van der Waals surface area contributed by atoms with Crippen LogP contribution in [0.1, 0.15) is 36.4 Å². The molecule has 1 spiro atoms. The molecule has 5 heterocycles. The second-order valence-electron chi connectivity index (χ2n) is 9.01. The van der Waals surface area contributed by atoms with Crippen LogP contribution in [0.5, 0.6) is 0 Å². The van der Waals surface area contributed by atoms with Crippen LogP contribution < -0.4 is 10.2 Å². The Hall–Kier alpha value is -2.89. The second-order valence-corrected chi connectivity index (χ2v) is 9.01. The largest absolute Gasteiger partial charge is 0.417 e.